The van der Waals surface area contributed by atoms with E-state index in [1.165, 1.54) is 0 Å². The van der Waals surface area contributed by atoms with E-state index in [1.807, 2.05) is 42.3 Å². The Balaban J connectivity index is 1.81. The van der Waals surface area contributed by atoms with Gasteiger partial charge in [0.05, 0.1) is 22.2 Å². The van der Waals surface area contributed by atoms with Gasteiger partial charge in [-0.3, -0.25) is 9.47 Å². The average Bonchev–Trinajstić information content (AvgIpc) is 2.79. The van der Waals surface area contributed by atoms with Crippen LogP contribution in [0, 0.1) is 0 Å². The van der Waals surface area contributed by atoms with Crippen molar-refractivity contribution in [1.82, 2.24) is 9.47 Å². The van der Waals surface area contributed by atoms with Gasteiger partial charge in [0.1, 0.15) is 0 Å². The normalized spacial score (nSPS) is 11.5. The molecule has 114 valence electrons. The van der Waals surface area contributed by atoms with E-state index in [0.717, 1.165) is 11.1 Å². The summed E-state index contributed by atoms with van der Waals surface area (Å²) >= 11 is 11.9. The Labute approximate surface area is 137 Å². The smallest absolute Gasteiger partial charge is 0.408 e. The quantitative estimate of drug-likeness (QED) is 0.722. The van der Waals surface area contributed by atoms with E-state index in [-0.39, 0.29) is 5.76 Å². The molecule has 2 aromatic carbocycles. The summed E-state index contributed by atoms with van der Waals surface area (Å²) in [5.74, 6) is -0.359. The average molecular weight is 337 g/mol. The van der Waals surface area contributed by atoms with Gasteiger partial charge in [-0.2, -0.15) is 0 Å². The maximum atomic E-state index is 12.0. The van der Waals surface area contributed by atoms with Crippen LogP contribution in [0.1, 0.15) is 5.56 Å². The summed E-state index contributed by atoms with van der Waals surface area (Å²) in [5.41, 5.74) is 2.40. The fourth-order valence-corrected chi connectivity index (χ4v) is 2.71. The maximum Gasteiger partial charge on any atom is 0.421 e. The van der Waals surface area contributed by atoms with E-state index in [4.69, 9.17) is 27.6 Å². The van der Waals surface area contributed by atoms with Crippen molar-refractivity contribution >= 4 is 34.3 Å². The van der Waals surface area contributed by atoms with Gasteiger partial charge in [0.2, 0.25) is 0 Å². The third-order valence-electron chi connectivity index (χ3n) is 3.39. The standard InChI is InChI=1S/C16H14Cl2N2O2/c1-19(9-11-6-7-12(17)13(18)8-11)10-20-14-4-2-3-5-15(14)22-16(20)21/h2-8H,9-10H2,1H3. The first kappa shape index (κ1) is 15.2. The summed E-state index contributed by atoms with van der Waals surface area (Å²) in [4.78, 5) is 14.0. The van der Waals surface area contributed by atoms with Crippen molar-refractivity contribution in [1.29, 1.82) is 0 Å². The van der Waals surface area contributed by atoms with Gasteiger partial charge in [-0.05, 0) is 36.9 Å². The van der Waals surface area contributed by atoms with E-state index in [2.05, 4.69) is 0 Å². The number of benzene rings is 2. The predicted molar refractivity (Wildman–Crippen MR) is 88.4 cm³/mol. The van der Waals surface area contributed by atoms with Crippen molar-refractivity contribution in [3.8, 4) is 0 Å². The number of para-hydroxylation sites is 2. The van der Waals surface area contributed by atoms with Crippen molar-refractivity contribution in [3.63, 3.8) is 0 Å². The van der Waals surface area contributed by atoms with Gasteiger partial charge in [0.15, 0.2) is 5.58 Å². The zero-order chi connectivity index (χ0) is 15.7. The second kappa shape index (κ2) is 6.16. The highest BCUT2D eigenvalue weighted by Gasteiger charge is 2.11. The van der Waals surface area contributed by atoms with E-state index in [0.29, 0.717) is 28.8 Å². The molecular weight excluding hydrogens is 323 g/mol. The predicted octanol–water partition coefficient (Wildman–Crippen LogP) is 3.99. The third kappa shape index (κ3) is 3.04. The van der Waals surface area contributed by atoms with Crippen molar-refractivity contribution < 1.29 is 4.42 Å². The van der Waals surface area contributed by atoms with Crippen LogP contribution in [0.2, 0.25) is 10.0 Å². The molecule has 0 aliphatic rings. The third-order valence-corrected chi connectivity index (χ3v) is 4.13. The summed E-state index contributed by atoms with van der Waals surface area (Å²) in [6.45, 7) is 1.07. The van der Waals surface area contributed by atoms with Gasteiger partial charge in [-0.25, -0.2) is 4.79 Å². The van der Waals surface area contributed by atoms with Crippen LogP contribution < -0.4 is 5.76 Å². The summed E-state index contributed by atoms with van der Waals surface area (Å²) in [5, 5.41) is 1.06. The van der Waals surface area contributed by atoms with Gasteiger partial charge in [0.25, 0.3) is 0 Å². The van der Waals surface area contributed by atoms with Gasteiger partial charge in [-0.15, -0.1) is 0 Å². The number of rotatable bonds is 4. The molecule has 4 nitrogen and oxygen atoms in total. The number of fused-ring (bicyclic) bond motifs is 1. The van der Waals surface area contributed by atoms with Crippen LogP contribution in [0.5, 0.6) is 0 Å². The highest BCUT2D eigenvalue weighted by molar-refractivity contribution is 6.42. The lowest BCUT2D eigenvalue weighted by Crippen LogP contribution is -2.27. The maximum absolute atomic E-state index is 12.0. The fraction of sp³-hybridized carbons (Fsp3) is 0.188. The molecule has 0 fully saturated rings. The Bertz CT molecular complexity index is 870. The van der Waals surface area contributed by atoms with Crippen LogP contribution in [-0.4, -0.2) is 16.5 Å². The molecule has 0 N–H and O–H groups in total. The molecule has 0 unspecified atom stereocenters. The first-order valence-electron chi connectivity index (χ1n) is 6.75. The number of hydrogen-bond donors (Lipinski definition) is 0. The molecule has 0 aliphatic heterocycles. The summed E-state index contributed by atoms with van der Waals surface area (Å²) in [6.07, 6.45) is 0. The lowest BCUT2D eigenvalue weighted by atomic mass is 10.2. The second-order valence-corrected chi connectivity index (χ2v) is 5.98. The highest BCUT2D eigenvalue weighted by atomic mass is 35.5. The molecule has 0 saturated carbocycles. The molecule has 3 rings (SSSR count). The second-order valence-electron chi connectivity index (χ2n) is 5.17. The minimum absolute atomic E-state index is 0.359. The Morgan fingerprint density at radius 1 is 1.14 bits per heavy atom. The molecule has 0 radical (unpaired) electrons. The first-order valence-corrected chi connectivity index (χ1v) is 7.51. The summed E-state index contributed by atoms with van der Waals surface area (Å²) in [6, 6.07) is 12.9. The Hall–Kier alpha value is -1.75. The molecule has 1 heterocycles. The summed E-state index contributed by atoms with van der Waals surface area (Å²) < 4.78 is 6.83. The van der Waals surface area contributed by atoms with Crippen LogP contribution in [-0.2, 0) is 13.2 Å². The molecular formula is C16H14Cl2N2O2. The minimum atomic E-state index is -0.359. The molecule has 0 saturated heterocycles. The van der Waals surface area contributed by atoms with E-state index in [1.54, 1.807) is 16.7 Å². The van der Waals surface area contributed by atoms with Crippen LogP contribution in [0.3, 0.4) is 0 Å². The molecule has 3 aromatic rings. The molecule has 1 aromatic heterocycles. The monoisotopic (exact) mass is 336 g/mol. The van der Waals surface area contributed by atoms with Gasteiger partial charge < -0.3 is 4.42 Å². The first-order chi connectivity index (χ1) is 10.5. The zero-order valence-electron chi connectivity index (χ0n) is 11.9. The molecule has 6 heteroatoms. The van der Waals surface area contributed by atoms with Crippen molar-refractivity contribution in [3.05, 3.63) is 68.6 Å². The largest absolute Gasteiger partial charge is 0.421 e. The fourth-order valence-electron chi connectivity index (χ4n) is 2.39. The Morgan fingerprint density at radius 2 is 1.91 bits per heavy atom. The molecule has 0 atom stereocenters. The van der Waals surface area contributed by atoms with Gasteiger partial charge in [0, 0.05) is 6.54 Å². The Kier molecular flexibility index (Phi) is 4.25. The zero-order valence-corrected chi connectivity index (χ0v) is 13.4. The molecule has 0 spiro atoms. The molecule has 0 aliphatic carbocycles. The molecule has 0 bridgehead atoms. The number of oxazole rings is 1. The van der Waals surface area contributed by atoms with Crippen LogP contribution in [0.4, 0.5) is 0 Å². The summed E-state index contributed by atoms with van der Waals surface area (Å²) in [7, 11) is 1.93. The Morgan fingerprint density at radius 3 is 2.68 bits per heavy atom. The topological polar surface area (TPSA) is 38.4 Å². The van der Waals surface area contributed by atoms with Gasteiger partial charge in [-0.1, -0.05) is 41.4 Å². The van der Waals surface area contributed by atoms with Crippen LogP contribution in [0.25, 0.3) is 11.1 Å². The lowest BCUT2D eigenvalue weighted by molar-refractivity contribution is 0.253. The van der Waals surface area contributed by atoms with Crippen molar-refractivity contribution in [2.75, 3.05) is 7.05 Å². The van der Waals surface area contributed by atoms with Crippen LogP contribution in [0.15, 0.2) is 51.7 Å². The van der Waals surface area contributed by atoms with Crippen molar-refractivity contribution in [2.24, 2.45) is 0 Å². The number of nitrogens with zero attached hydrogens (tertiary/aromatic N) is 2. The van der Waals surface area contributed by atoms with E-state index in [9.17, 15) is 4.79 Å². The molecule has 0 amide bonds. The molecule has 22 heavy (non-hydrogen) atoms. The van der Waals surface area contributed by atoms with E-state index >= 15 is 0 Å². The van der Waals surface area contributed by atoms with Crippen molar-refractivity contribution in [2.45, 2.75) is 13.2 Å². The SMILES string of the molecule is CN(Cc1ccc(Cl)c(Cl)c1)Cn1c(=O)oc2ccccc21. The number of aromatic nitrogens is 1. The van der Waals surface area contributed by atoms with Gasteiger partial charge >= 0.3 is 5.76 Å². The lowest BCUT2D eigenvalue weighted by Gasteiger charge is -2.17. The van der Waals surface area contributed by atoms with E-state index < -0.39 is 0 Å². The number of halogens is 2. The highest BCUT2D eigenvalue weighted by Crippen LogP contribution is 2.23. The number of hydrogen-bond acceptors (Lipinski definition) is 3. The minimum Gasteiger partial charge on any atom is -0.408 e. The van der Waals surface area contributed by atoms with Crippen LogP contribution >= 0.6 is 23.2 Å².